The minimum atomic E-state index is -3.28. The Morgan fingerprint density at radius 1 is 1.25 bits per heavy atom. The highest BCUT2D eigenvalue weighted by Gasteiger charge is 2.06. The van der Waals surface area contributed by atoms with E-state index >= 15 is 0 Å². The summed E-state index contributed by atoms with van der Waals surface area (Å²) in [5, 5.41) is 1.03. The Balaban J connectivity index is 2.58. The first-order valence-electron chi connectivity index (χ1n) is 4.80. The second-order valence-electron chi connectivity index (χ2n) is 3.72. The molecule has 0 atom stereocenters. The van der Waals surface area contributed by atoms with E-state index in [0.717, 1.165) is 22.7 Å². The average molecular weight is 236 g/mol. The first-order chi connectivity index (χ1) is 7.46. The van der Waals surface area contributed by atoms with Gasteiger partial charge in [0.1, 0.15) is 5.82 Å². The van der Waals surface area contributed by atoms with E-state index in [9.17, 15) is 8.42 Å². The van der Waals surface area contributed by atoms with Gasteiger partial charge in [-0.25, -0.2) is 13.4 Å². The Bertz CT molecular complexity index is 635. The molecule has 1 heterocycles. The molecule has 0 saturated carbocycles. The zero-order valence-electron chi connectivity index (χ0n) is 9.06. The van der Waals surface area contributed by atoms with Gasteiger partial charge in [0.05, 0.1) is 11.8 Å². The third kappa shape index (κ3) is 2.30. The minimum absolute atomic E-state index is 0.360. The zero-order valence-corrected chi connectivity index (χ0v) is 9.88. The molecule has 0 spiro atoms. The van der Waals surface area contributed by atoms with Crippen LogP contribution in [0.1, 0.15) is 5.56 Å². The third-order valence-corrected chi connectivity index (χ3v) is 2.79. The maximum Gasteiger partial charge on any atom is 0.230 e. The van der Waals surface area contributed by atoms with E-state index in [1.165, 1.54) is 0 Å². The van der Waals surface area contributed by atoms with Gasteiger partial charge in [-0.05, 0) is 24.6 Å². The van der Waals surface area contributed by atoms with Crippen molar-refractivity contribution in [1.29, 1.82) is 0 Å². The highest BCUT2D eigenvalue weighted by molar-refractivity contribution is 7.92. The van der Waals surface area contributed by atoms with Gasteiger partial charge < -0.3 is 0 Å². The van der Waals surface area contributed by atoms with E-state index in [0.29, 0.717) is 5.82 Å². The Morgan fingerprint density at radius 3 is 2.62 bits per heavy atom. The van der Waals surface area contributed by atoms with Crippen molar-refractivity contribution < 1.29 is 8.42 Å². The van der Waals surface area contributed by atoms with Crippen LogP contribution in [0, 0.1) is 6.92 Å². The van der Waals surface area contributed by atoms with Gasteiger partial charge in [0.25, 0.3) is 0 Å². The number of anilines is 1. The van der Waals surface area contributed by atoms with Gasteiger partial charge >= 0.3 is 0 Å². The van der Waals surface area contributed by atoms with E-state index in [1.807, 2.05) is 31.2 Å². The van der Waals surface area contributed by atoms with Gasteiger partial charge in [0, 0.05) is 5.39 Å². The van der Waals surface area contributed by atoms with Crippen LogP contribution in [-0.2, 0) is 10.0 Å². The summed E-state index contributed by atoms with van der Waals surface area (Å²) in [5.41, 5.74) is 1.78. The molecule has 2 rings (SSSR count). The SMILES string of the molecule is Cc1cc(NS(C)(=O)=O)nc2ccccc12. The number of pyridine rings is 1. The average Bonchev–Trinajstić information content (AvgIpc) is 2.15. The summed E-state index contributed by atoms with van der Waals surface area (Å²) < 4.78 is 24.6. The third-order valence-electron chi connectivity index (χ3n) is 2.21. The smallest absolute Gasteiger partial charge is 0.230 e. The Labute approximate surface area is 94.4 Å². The maximum atomic E-state index is 11.1. The molecule has 0 unspecified atom stereocenters. The molecule has 0 radical (unpaired) electrons. The lowest BCUT2D eigenvalue weighted by Crippen LogP contribution is -2.11. The van der Waals surface area contributed by atoms with Crippen molar-refractivity contribution in [2.75, 3.05) is 11.0 Å². The summed E-state index contributed by atoms with van der Waals surface area (Å²) in [6.07, 6.45) is 1.11. The van der Waals surface area contributed by atoms with Crippen molar-refractivity contribution in [2.45, 2.75) is 6.92 Å². The molecule has 1 N–H and O–H groups in total. The monoisotopic (exact) mass is 236 g/mol. The van der Waals surface area contributed by atoms with E-state index < -0.39 is 10.0 Å². The van der Waals surface area contributed by atoms with E-state index in [4.69, 9.17) is 0 Å². The maximum absolute atomic E-state index is 11.1. The van der Waals surface area contributed by atoms with Crippen molar-refractivity contribution in [2.24, 2.45) is 0 Å². The molecule has 84 valence electrons. The van der Waals surface area contributed by atoms with Crippen molar-refractivity contribution >= 4 is 26.7 Å². The number of aryl methyl sites for hydroxylation is 1. The first-order valence-corrected chi connectivity index (χ1v) is 6.69. The topological polar surface area (TPSA) is 59.1 Å². The summed E-state index contributed by atoms with van der Waals surface area (Å²) in [6, 6.07) is 9.35. The number of benzene rings is 1. The predicted molar refractivity (Wildman–Crippen MR) is 64.9 cm³/mol. The number of rotatable bonds is 2. The van der Waals surface area contributed by atoms with Gasteiger partial charge in [-0.3, -0.25) is 4.72 Å². The number of para-hydroxylation sites is 1. The number of nitrogens with zero attached hydrogens (tertiary/aromatic N) is 1. The molecule has 0 bridgehead atoms. The second-order valence-corrected chi connectivity index (χ2v) is 5.46. The summed E-state index contributed by atoms with van der Waals surface area (Å²) in [5.74, 6) is 0.360. The highest BCUT2D eigenvalue weighted by Crippen LogP contribution is 2.19. The molecule has 2 aromatic rings. The van der Waals surface area contributed by atoms with Crippen LogP contribution in [-0.4, -0.2) is 19.7 Å². The summed E-state index contributed by atoms with van der Waals surface area (Å²) in [4.78, 5) is 4.23. The van der Waals surface area contributed by atoms with Crippen LogP contribution in [0.25, 0.3) is 10.9 Å². The van der Waals surface area contributed by atoms with Crippen molar-refractivity contribution in [3.8, 4) is 0 Å². The van der Waals surface area contributed by atoms with Crippen molar-refractivity contribution in [1.82, 2.24) is 4.98 Å². The molecule has 1 aromatic heterocycles. The van der Waals surface area contributed by atoms with Crippen LogP contribution in [0.5, 0.6) is 0 Å². The molecule has 0 saturated heterocycles. The number of aromatic nitrogens is 1. The normalized spacial score (nSPS) is 11.6. The number of sulfonamides is 1. The van der Waals surface area contributed by atoms with Crippen LogP contribution >= 0.6 is 0 Å². The molecule has 0 aliphatic heterocycles. The Morgan fingerprint density at radius 2 is 1.94 bits per heavy atom. The van der Waals surface area contributed by atoms with Crippen molar-refractivity contribution in [3.05, 3.63) is 35.9 Å². The standard InChI is InChI=1S/C11H12N2O2S/c1-8-7-11(13-16(2,14)15)12-10-6-4-3-5-9(8)10/h3-7H,1-2H3,(H,12,13). The lowest BCUT2D eigenvalue weighted by atomic mass is 10.1. The summed E-state index contributed by atoms with van der Waals surface area (Å²) >= 11 is 0. The Hall–Kier alpha value is -1.62. The molecule has 16 heavy (non-hydrogen) atoms. The molecule has 0 fully saturated rings. The van der Waals surface area contributed by atoms with Crippen LogP contribution in [0.15, 0.2) is 30.3 Å². The lowest BCUT2D eigenvalue weighted by molar-refractivity contribution is 0.606. The molecule has 0 aliphatic rings. The second kappa shape index (κ2) is 3.75. The van der Waals surface area contributed by atoms with Crippen LogP contribution in [0.3, 0.4) is 0 Å². The highest BCUT2D eigenvalue weighted by atomic mass is 32.2. The van der Waals surface area contributed by atoms with Crippen molar-refractivity contribution in [3.63, 3.8) is 0 Å². The van der Waals surface area contributed by atoms with Crippen LogP contribution in [0.4, 0.5) is 5.82 Å². The van der Waals surface area contributed by atoms with Gasteiger partial charge in [0.15, 0.2) is 0 Å². The number of hydrogen-bond acceptors (Lipinski definition) is 3. The van der Waals surface area contributed by atoms with Gasteiger partial charge in [0.2, 0.25) is 10.0 Å². The van der Waals surface area contributed by atoms with Crippen LogP contribution < -0.4 is 4.72 Å². The molecule has 1 aromatic carbocycles. The quantitative estimate of drug-likeness (QED) is 0.866. The number of fused-ring (bicyclic) bond motifs is 1. The fraction of sp³-hybridized carbons (Fsp3) is 0.182. The molecule has 5 heteroatoms. The number of nitrogens with one attached hydrogen (secondary N) is 1. The zero-order chi connectivity index (χ0) is 11.8. The molecular formula is C11H12N2O2S. The fourth-order valence-corrected chi connectivity index (χ4v) is 2.08. The summed E-state index contributed by atoms with van der Waals surface area (Å²) in [7, 11) is -3.28. The molecule has 4 nitrogen and oxygen atoms in total. The van der Waals surface area contributed by atoms with Gasteiger partial charge in [-0.2, -0.15) is 0 Å². The summed E-state index contributed by atoms with van der Waals surface area (Å²) in [6.45, 7) is 1.93. The molecule has 0 aliphatic carbocycles. The number of hydrogen-bond donors (Lipinski definition) is 1. The first kappa shape index (κ1) is 10.9. The van der Waals surface area contributed by atoms with Gasteiger partial charge in [-0.1, -0.05) is 18.2 Å². The largest absolute Gasteiger partial charge is 0.268 e. The van der Waals surface area contributed by atoms with Gasteiger partial charge in [-0.15, -0.1) is 0 Å². The Kier molecular flexibility index (Phi) is 2.55. The minimum Gasteiger partial charge on any atom is -0.268 e. The van der Waals surface area contributed by atoms with E-state index in [2.05, 4.69) is 9.71 Å². The van der Waals surface area contributed by atoms with E-state index in [1.54, 1.807) is 6.07 Å². The molecule has 0 amide bonds. The van der Waals surface area contributed by atoms with Crippen LogP contribution in [0.2, 0.25) is 0 Å². The predicted octanol–water partition coefficient (Wildman–Crippen LogP) is 1.91. The fourth-order valence-electron chi connectivity index (χ4n) is 1.59. The molecular weight excluding hydrogens is 224 g/mol. The lowest BCUT2D eigenvalue weighted by Gasteiger charge is -2.06. The van der Waals surface area contributed by atoms with E-state index in [-0.39, 0.29) is 0 Å².